The lowest BCUT2D eigenvalue weighted by atomic mass is 10.1. The van der Waals surface area contributed by atoms with Crippen LogP contribution >= 0.6 is 11.3 Å². The Morgan fingerprint density at radius 3 is 2.75 bits per heavy atom. The fourth-order valence-corrected chi connectivity index (χ4v) is 4.86. The number of nitrogens with two attached hydrogens (primary N) is 1. The molecule has 4 N–H and O–H groups in total. The summed E-state index contributed by atoms with van der Waals surface area (Å²) < 4.78 is 0. The molecule has 0 radical (unpaired) electrons. The Hall–Kier alpha value is -2.77. The van der Waals surface area contributed by atoms with E-state index >= 15 is 0 Å². The number of aromatic nitrogens is 3. The van der Waals surface area contributed by atoms with Crippen LogP contribution in [0, 0.1) is 0 Å². The zero-order valence-corrected chi connectivity index (χ0v) is 16.2. The Balaban J connectivity index is 1.40. The zero-order chi connectivity index (χ0) is 19.0. The van der Waals surface area contributed by atoms with Gasteiger partial charge in [0.2, 0.25) is 0 Å². The van der Waals surface area contributed by atoms with Gasteiger partial charge >= 0.3 is 0 Å². The molecule has 3 aromatic rings. The molecule has 1 aliphatic carbocycles. The molecule has 7 heteroatoms. The molecule has 0 amide bonds. The molecule has 1 saturated carbocycles. The number of pyridine rings is 1. The van der Waals surface area contributed by atoms with Crippen molar-refractivity contribution in [2.24, 2.45) is 5.73 Å². The van der Waals surface area contributed by atoms with Crippen molar-refractivity contribution in [3.63, 3.8) is 0 Å². The van der Waals surface area contributed by atoms with E-state index in [1.54, 1.807) is 11.3 Å². The van der Waals surface area contributed by atoms with Gasteiger partial charge in [0, 0.05) is 11.6 Å². The maximum Gasteiger partial charge on any atom is 0.161 e. The van der Waals surface area contributed by atoms with Crippen molar-refractivity contribution in [1.29, 1.82) is 0 Å². The van der Waals surface area contributed by atoms with Crippen LogP contribution in [0.25, 0.3) is 6.08 Å². The van der Waals surface area contributed by atoms with Gasteiger partial charge in [-0.2, -0.15) is 0 Å². The summed E-state index contributed by atoms with van der Waals surface area (Å²) in [6.07, 6.45) is 10.7. The minimum atomic E-state index is -0.866. The van der Waals surface area contributed by atoms with E-state index in [0.717, 1.165) is 32.8 Å². The number of hydrogen-bond donors (Lipinski definition) is 3. The summed E-state index contributed by atoms with van der Waals surface area (Å²) in [4.78, 5) is 4.54. The molecule has 0 saturated heterocycles. The number of fused-ring (bicyclic) bond motifs is 1. The van der Waals surface area contributed by atoms with E-state index in [1.807, 2.05) is 54.7 Å². The van der Waals surface area contributed by atoms with Crippen molar-refractivity contribution in [2.45, 2.75) is 37.3 Å². The Labute approximate surface area is 167 Å². The molecule has 142 valence electrons. The first-order valence-corrected chi connectivity index (χ1v) is 10.4. The van der Waals surface area contributed by atoms with Crippen molar-refractivity contribution < 1.29 is 0 Å². The van der Waals surface area contributed by atoms with Crippen LogP contribution in [0.4, 0.5) is 17.1 Å². The fraction of sp³-hybridized carbons (Fsp3) is 0.286. The molecule has 5 rings (SSSR count). The summed E-state index contributed by atoms with van der Waals surface area (Å²) >= 11 is 1.62. The number of benzene rings is 1. The first kappa shape index (κ1) is 17.3. The number of anilines is 3. The van der Waals surface area contributed by atoms with Crippen molar-refractivity contribution >= 4 is 34.5 Å². The van der Waals surface area contributed by atoms with Gasteiger partial charge in [-0.05, 0) is 43.2 Å². The second kappa shape index (κ2) is 7.00. The van der Waals surface area contributed by atoms with Crippen LogP contribution < -0.4 is 16.4 Å². The molecule has 1 fully saturated rings. The number of para-hydroxylation sites is 1. The van der Waals surface area contributed by atoms with Gasteiger partial charge in [0.05, 0.1) is 23.3 Å². The highest BCUT2D eigenvalue weighted by Gasteiger charge is 2.33. The highest BCUT2D eigenvalue weighted by molar-refractivity contribution is 7.11. The number of hydrogen-bond acceptors (Lipinski definition) is 7. The van der Waals surface area contributed by atoms with Gasteiger partial charge in [-0.15, -0.1) is 10.2 Å². The van der Waals surface area contributed by atoms with Crippen LogP contribution in [-0.4, -0.2) is 15.2 Å². The van der Waals surface area contributed by atoms with Crippen molar-refractivity contribution in [2.75, 3.05) is 10.6 Å². The van der Waals surface area contributed by atoms with E-state index in [0.29, 0.717) is 5.92 Å². The predicted octanol–water partition coefficient (Wildman–Crippen LogP) is 4.58. The van der Waals surface area contributed by atoms with Gasteiger partial charge in [0.25, 0.3) is 0 Å². The molecule has 6 nitrogen and oxygen atoms in total. The quantitative estimate of drug-likeness (QED) is 0.604. The lowest BCUT2D eigenvalue weighted by Crippen LogP contribution is -2.44. The minimum absolute atomic E-state index is 0.540. The fourth-order valence-electron chi connectivity index (χ4n) is 3.80. The van der Waals surface area contributed by atoms with Gasteiger partial charge < -0.3 is 10.6 Å². The van der Waals surface area contributed by atoms with Gasteiger partial charge in [-0.25, -0.2) is 0 Å². The second-order valence-corrected chi connectivity index (χ2v) is 8.41. The minimum Gasteiger partial charge on any atom is -0.357 e. The normalized spacial score (nSPS) is 21.3. The monoisotopic (exact) mass is 390 g/mol. The first-order valence-electron chi connectivity index (χ1n) is 9.62. The predicted molar refractivity (Wildman–Crippen MR) is 114 cm³/mol. The average Bonchev–Trinajstić information content (AvgIpc) is 3.40. The van der Waals surface area contributed by atoms with Gasteiger partial charge in [-0.1, -0.05) is 42.4 Å². The van der Waals surface area contributed by atoms with E-state index < -0.39 is 5.66 Å². The molecule has 3 heterocycles. The molecular weight excluding hydrogens is 368 g/mol. The van der Waals surface area contributed by atoms with Crippen LogP contribution in [0.15, 0.2) is 48.7 Å². The topological polar surface area (TPSA) is 88.8 Å². The van der Waals surface area contributed by atoms with Gasteiger partial charge in [0.15, 0.2) is 10.7 Å². The Kier molecular flexibility index (Phi) is 4.33. The summed E-state index contributed by atoms with van der Waals surface area (Å²) in [5.41, 5.74) is 9.46. The third-order valence-corrected chi connectivity index (χ3v) is 6.56. The first-order chi connectivity index (χ1) is 13.7. The Bertz CT molecular complexity index is 1010. The second-order valence-electron chi connectivity index (χ2n) is 7.40. The Morgan fingerprint density at radius 1 is 1.11 bits per heavy atom. The summed E-state index contributed by atoms with van der Waals surface area (Å²) in [6.45, 7) is 0. The number of rotatable bonds is 4. The molecule has 1 aromatic carbocycles. The molecule has 1 aliphatic heterocycles. The smallest absolute Gasteiger partial charge is 0.161 e. The largest absolute Gasteiger partial charge is 0.357 e. The van der Waals surface area contributed by atoms with E-state index in [4.69, 9.17) is 5.73 Å². The summed E-state index contributed by atoms with van der Waals surface area (Å²) in [5.74, 6) is 0.540. The average molecular weight is 391 g/mol. The van der Waals surface area contributed by atoms with E-state index in [1.165, 1.54) is 25.7 Å². The third kappa shape index (κ3) is 3.27. The maximum atomic E-state index is 6.67. The molecule has 1 unspecified atom stereocenters. The highest BCUT2D eigenvalue weighted by Crippen LogP contribution is 2.39. The molecule has 2 aliphatic rings. The molecule has 0 bridgehead atoms. The molecule has 2 aromatic heterocycles. The summed E-state index contributed by atoms with van der Waals surface area (Å²) in [6, 6.07) is 12.1. The van der Waals surface area contributed by atoms with Crippen LogP contribution in [0.3, 0.4) is 0 Å². The lowest BCUT2D eigenvalue weighted by molar-refractivity contribution is 0.628. The van der Waals surface area contributed by atoms with E-state index in [9.17, 15) is 0 Å². The SMILES string of the molecule is NC1(c2nnc(C3CCCC3)s2)C=Cc2ncc(Nc3ccccc3)cc2N1. The zero-order valence-electron chi connectivity index (χ0n) is 15.4. The standard InChI is InChI=1S/C21H22N6S/c22-21(20-27-26-19(28-20)14-6-4-5-7-14)11-10-17-18(25-21)12-16(13-23-17)24-15-8-2-1-3-9-15/h1-3,8-14,24-25H,4-7,22H2. The van der Waals surface area contributed by atoms with Gasteiger partial charge in [-0.3, -0.25) is 10.7 Å². The summed E-state index contributed by atoms with van der Waals surface area (Å²) in [7, 11) is 0. The van der Waals surface area contributed by atoms with Crippen molar-refractivity contribution in [3.8, 4) is 0 Å². The van der Waals surface area contributed by atoms with Crippen LogP contribution in [0.5, 0.6) is 0 Å². The molecule has 0 spiro atoms. The maximum absolute atomic E-state index is 6.67. The van der Waals surface area contributed by atoms with E-state index in [-0.39, 0.29) is 0 Å². The van der Waals surface area contributed by atoms with Crippen LogP contribution in [0.1, 0.15) is 47.3 Å². The molecular formula is C21H22N6S. The van der Waals surface area contributed by atoms with Crippen molar-refractivity contribution in [1.82, 2.24) is 15.2 Å². The molecule has 28 heavy (non-hydrogen) atoms. The highest BCUT2D eigenvalue weighted by atomic mass is 32.1. The van der Waals surface area contributed by atoms with E-state index in [2.05, 4.69) is 25.8 Å². The molecule has 1 atom stereocenters. The third-order valence-electron chi connectivity index (χ3n) is 5.33. The number of nitrogens with zero attached hydrogens (tertiary/aromatic N) is 3. The van der Waals surface area contributed by atoms with Crippen LogP contribution in [0.2, 0.25) is 0 Å². The number of nitrogens with one attached hydrogen (secondary N) is 2. The summed E-state index contributed by atoms with van der Waals surface area (Å²) in [5, 5.41) is 17.5. The lowest BCUT2D eigenvalue weighted by Gasteiger charge is -2.30. The van der Waals surface area contributed by atoms with Gasteiger partial charge in [0.1, 0.15) is 5.01 Å². The van der Waals surface area contributed by atoms with Crippen LogP contribution in [-0.2, 0) is 5.66 Å². The van der Waals surface area contributed by atoms with Crippen molar-refractivity contribution in [3.05, 3.63) is 64.4 Å². The Morgan fingerprint density at radius 2 is 1.93 bits per heavy atom.